The summed E-state index contributed by atoms with van der Waals surface area (Å²) in [5.74, 6) is -1.26. The monoisotopic (exact) mass is 376 g/mol. The van der Waals surface area contributed by atoms with Gasteiger partial charge in [-0.15, -0.1) is 0 Å². The molecular formula is C19H20O6S. The summed E-state index contributed by atoms with van der Waals surface area (Å²) in [4.78, 5) is 12.2. The van der Waals surface area contributed by atoms with E-state index in [0.717, 1.165) is 0 Å². The molecule has 0 saturated heterocycles. The molecule has 2 aromatic carbocycles. The largest absolute Gasteiger partial charge is 0.497 e. The Bertz CT molecular complexity index is 891. The number of benzene rings is 2. The molecule has 1 saturated carbocycles. The van der Waals surface area contributed by atoms with Gasteiger partial charge < -0.3 is 14.6 Å². The number of hydrogen-bond donors (Lipinski definition) is 1. The molecule has 138 valence electrons. The van der Waals surface area contributed by atoms with Crippen molar-refractivity contribution in [3.63, 3.8) is 0 Å². The van der Waals surface area contributed by atoms with Gasteiger partial charge in [-0.05, 0) is 29.8 Å². The number of aliphatic carboxylic acids is 1. The van der Waals surface area contributed by atoms with Crippen molar-refractivity contribution in [3.05, 3.63) is 60.2 Å². The summed E-state index contributed by atoms with van der Waals surface area (Å²) >= 11 is 0. The second-order valence-corrected chi connectivity index (χ2v) is 8.38. The number of sulfone groups is 1. The molecule has 1 fully saturated rings. The van der Waals surface area contributed by atoms with Gasteiger partial charge >= 0.3 is 5.97 Å². The van der Waals surface area contributed by atoms with Crippen molar-refractivity contribution in [2.75, 3.05) is 20.8 Å². The van der Waals surface area contributed by atoms with Crippen LogP contribution in [-0.4, -0.2) is 45.6 Å². The van der Waals surface area contributed by atoms with E-state index in [1.54, 1.807) is 42.5 Å². The first-order chi connectivity index (χ1) is 12.4. The third kappa shape index (κ3) is 2.77. The Morgan fingerprint density at radius 3 is 2.19 bits per heavy atom. The number of rotatable bonds is 7. The normalized spacial score (nSPS) is 24.8. The predicted octanol–water partition coefficient (Wildman–Crippen LogP) is 2.35. The first-order valence-electron chi connectivity index (χ1n) is 8.05. The van der Waals surface area contributed by atoms with Crippen LogP contribution in [-0.2, 0) is 19.4 Å². The van der Waals surface area contributed by atoms with Crippen molar-refractivity contribution < 1.29 is 27.8 Å². The third-order valence-electron chi connectivity index (χ3n) is 4.92. The molecule has 0 unspecified atom stereocenters. The highest BCUT2D eigenvalue weighted by Crippen LogP contribution is 2.64. The highest BCUT2D eigenvalue weighted by atomic mass is 32.2. The Labute approximate surface area is 152 Å². The lowest BCUT2D eigenvalue weighted by molar-refractivity contribution is -0.145. The number of carbonyl (C=O) groups is 1. The molecule has 0 aliphatic heterocycles. The van der Waals surface area contributed by atoms with Crippen LogP contribution in [0.1, 0.15) is 11.5 Å². The quantitative estimate of drug-likeness (QED) is 0.798. The fourth-order valence-corrected chi connectivity index (χ4v) is 6.01. The first kappa shape index (κ1) is 18.4. The third-order valence-corrected chi connectivity index (χ3v) is 7.21. The molecule has 0 aromatic heterocycles. The lowest BCUT2D eigenvalue weighted by atomic mass is 10.00. The van der Waals surface area contributed by atoms with Gasteiger partial charge in [-0.1, -0.05) is 30.3 Å². The van der Waals surface area contributed by atoms with Crippen LogP contribution in [0.4, 0.5) is 0 Å². The maximum Gasteiger partial charge on any atom is 0.314 e. The van der Waals surface area contributed by atoms with Crippen molar-refractivity contribution in [2.24, 2.45) is 5.41 Å². The lowest BCUT2D eigenvalue weighted by Crippen LogP contribution is -2.28. The van der Waals surface area contributed by atoms with E-state index in [4.69, 9.17) is 9.47 Å². The molecule has 3 atom stereocenters. The highest BCUT2D eigenvalue weighted by molar-refractivity contribution is 7.92. The standard InChI is InChI=1S/C19H20O6S/c1-24-12-19(18(20)21)16(13-8-10-14(25-2)11-9-13)17(19)26(22,23)15-6-4-3-5-7-15/h3-11,16-17H,12H2,1-2H3,(H,20,21)/t16-,17-,19+/m1/s1. The van der Waals surface area contributed by atoms with Crippen molar-refractivity contribution in [2.45, 2.75) is 16.1 Å². The second kappa shape index (κ2) is 6.74. The molecule has 0 heterocycles. The van der Waals surface area contributed by atoms with E-state index in [-0.39, 0.29) is 11.5 Å². The van der Waals surface area contributed by atoms with Gasteiger partial charge in [0.2, 0.25) is 0 Å². The molecule has 3 rings (SSSR count). The lowest BCUT2D eigenvalue weighted by Gasteiger charge is -2.12. The fourth-order valence-electron chi connectivity index (χ4n) is 3.63. The van der Waals surface area contributed by atoms with Crippen LogP contribution in [0.25, 0.3) is 0 Å². The van der Waals surface area contributed by atoms with Crippen molar-refractivity contribution >= 4 is 15.8 Å². The molecule has 6 nitrogen and oxygen atoms in total. The number of methoxy groups -OCH3 is 2. The zero-order valence-electron chi connectivity index (χ0n) is 14.5. The van der Waals surface area contributed by atoms with E-state index in [2.05, 4.69) is 0 Å². The molecule has 26 heavy (non-hydrogen) atoms. The average molecular weight is 376 g/mol. The van der Waals surface area contributed by atoms with Crippen LogP contribution >= 0.6 is 0 Å². The molecule has 1 aliphatic rings. The molecule has 1 aliphatic carbocycles. The molecular weight excluding hydrogens is 356 g/mol. The van der Waals surface area contributed by atoms with E-state index >= 15 is 0 Å². The van der Waals surface area contributed by atoms with Gasteiger partial charge in [-0.2, -0.15) is 0 Å². The van der Waals surface area contributed by atoms with Gasteiger partial charge in [-0.25, -0.2) is 8.42 Å². The van der Waals surface area contributed by atoms with Crippen molar-refractivity contribution in [3.8, 4) is 5.75 Å². The van der Waals surface area contributed by atoms with Gasteiger partial charge in [0, 0.05) is 13.0 Å². The molecule has 0 bridgehead atoms. The average Bonchev–Trinajstić information content (AvgIpc) is 3.34. The minimum Gasteiger partial charge on any atom is -0.497 e. The maximum atomic E-state index is 13.2. The molecule has 0 radical (unpaired) electrons. The van der Waals surface area contributed by atoms with Gasteiger partial charge in [-0.3, -0.25) is 4.79 Å². The van der Waals surface area contributed by atoms with E-state index in [1.165, 1.54) is 26.4 Å². The molecule has 7 heteroatoms. The number of hydrogen-bond acceptors (Lipinski definition) is 5. The molecule has 2 aromatic rings. The van der Waals surface area contributed by atoms with Crippen LogP contribution in [0.2, 0.25) is 0 Å². The Balaban J connectivity index is 2.09. The van der Waals surface area contributed by atoms with Gasteiger partial charge in [0.15, 0.2) is 9.84 Å². The van der Waals surface area contributed by atoms with E-state index in [1.807, 2.05) is 0 Å². The van der Waals surface area contributed by atoms with Crippen LogP contribution in [0.15, 0.2) is 59.5 Å². The number of ether oxygens (including phenoxy) is 2. The summed E-state index contributed by atoms with van der Waals surface area (Å²) in [5.41, 5.74) is -0.882. The Hall–Kier alpha value is -2.38. The Kier molecular flexibility index (Phi) is 4.77. The number of carboxylic acid groups (broad SMARTS) is 1. The SMILES string of the molecule is COC[C@]1(C(=O)O)[C@H](c2ccc(OC)cc2)[C@H]1S(=O)(=O)c1ccccc1. The summed E-state index contributed by atoms with van der Waals surface area (Å²) in [6.45, 7) is -0.185. The predicted molar refractivity (Wildman–Crippen MR) is 95.1 cm³/mol. The van der Waals surface area contributed by atoms with Crippen molar-refractivity contribution in [1.29, 1.82) is 0 Å². The first-order valence-corrected chi connectivity index (χ1v) is 9.59. The highest BCUT2D eigenvalue weighted by Gasteiger charge is 2.76. The molecule has 0 spiro atoms. The second-order valence-electron chi connectivity index (χ2n) is 6.31. The minimum absolute atomic E-state index is 0.114. The van der Waals surface area contributed by atoms with Gasteiger partial charge in [0.1, 0.15) is 11.2 Å². The summed E-state index contributed by atoms with van der Waals surface area (Å²) < 4.78 is 36.5. The summed E-state index contributed by atoms with van der Waals surface area (Å²) in [7, 11) is -0.941. The molecule has 0 amide bonds. The fraction of sp³-hybridized carbons (Fsp3) is 0.316. The summed E-state index contributed by atoms with van der Waals surface area (Å²) in [6, 6.07) is 14.7. The number of carboxylic acids is 1. The maximum absolute atomic E-state index is 13.2. The van der Waals surface area contributed by atoms with Gasteiger partial charge in [0.25, 0.3) is 0 Å². The Morgan fingerprint density at radius 1 is 1.08 bits per heavy atom. The minimum atomic E-state index is -3.85. The van der Waals surface area contributed by atoms with E-state index in [9.17, 15) is 18.3 Å². The summed E-state index contributed by atoms with van der Waals surface area (Å²) in [6.07, 6.45) is 0. The van der Waals surface area contributed by atoms with Crippen LogP contribution in [0.3, 0.4) is 0 Å². The summed E-state index contributed by atoms with van der Waals surface area (Å²) in [5, 5.41) is 8.78. The Morgan fingerprint density at radius 2 is 1.69 bits per heavy atom. The van der Waals surface area contributed by atoms with Gasteiger partial charge in [0.05, 0.1) is 23.9 Å². The van der Waals surface area contributed by atoms with Crippen LogP contribution < -0.4 is 4.74 Å². The van der Waals surface area contributed by atoms with E-state index < -0.39 is 32.4 Å². The smallest absolute Gasteiger partial charge is 0.314 e. The van der Waals surface area contributed by atoms with Crippen molar-refractivity contribution in [1.82, 2.24) is 0 Å². The van der Waals surface area contributed by atoms with Crippen LogP contribution in [0, 0.1) is 5.41 Å². The molecule has 1 N–H and O–H groups in total. The van der Waals surface area contributed by atoms with Crippen LogP contribution in [0.5, 0.6) is 5.75 Å². The zero-order chi connectivity index (χ0) is 18.9. The van der Waals surface area contributed by atoms with E-state index in [0.29, 0.717) is 11.3 Å². The topological polar surface area (TPSA) is 89.9 Å². The zero-order valence-corrected chi connectivity index (χ0v) is 15.3.